The van der Waals surface area contributed by atoms with E-state index in [1.54, 1.807) is 30.3 Å². The van der Waals surface area contributed by atoms with Crippen molar-refractivity contribution in [2.45, 2.75) is 0 Å². The maximum absolute atomic E-state index is 12.1. The van der Waals surface area contributed by atoms with Crippen LogP contribution in [0.15, 0.2) is 57.4 Å². The van der Waals surface area contributed by atoms with Gasteiger partial charge in [0.25, 0.3) is 0 Å². The molecule has 0 saturated heterocycles. The molecule has 3 rings (SSSR count). The number of para-hydroxylation sites is 1. The molecule has 7 heteroatoms. The number of carbonyl (C=O) groups excluding carboxylic acids is 1. The van der Waals surface area contributed by atoms with Gasteiger partial charge in [0.05, 0.1) is 16.3 Å². The van der Waals surface area contributed by atoms with Crippen LogP contribution in [0.25, 0.3) is 11.5 Å². The molecule has 0 fully saturated rings. The third-order valence-electron chi connectivity index (χ3n) is 2.85. The first-order valence-corrected chi connectivity index (χ1v) is 7.46. The first kappa shape index (κ1) is 14.7. The molecule has 0 saturated carbocycles. The molecule has 1 amide bonds. The van der Waals surface area contributed by atoms with E-state index >= 15 is 0 Å². The van der Waals surface area contributed by atoms with E-state index in [-0.39, 0.29) is 11.8 Å². The van der Waals surface area contributed by atoms with Crippen LogP contribution >= 0.6 is 27.5 Å². The SMILES string of the molecule is O=C(Nc1ccccc1Br)c1nnc(-c2ccccc2Cl)o1. The Balaban J connectivity index is 1.84. The maximum atomic E-state index is 12.1. The van der Waals surface area contributed by atoms with Crippen LogP contribution in [0.1, 0.15) is 10.7 Å². The average Bonchev–Trinajstić information content (AvgIpc) is 3.00. The van der Waals surface area contributed by atoms with Crippen molar-refractivity contribution < 1.29 is 9.21 Å². The molecule has 2 aromatic carbocycles. The van der Waals surface area contributed by atoms with E-state index in [2.05, 4.69) is 31.4 Å². The summed E-state index contributed by atoms with van der Waals surface area (Å²) in [4.78, 5) is 12.1. The Morgan fingerprint density at radius 3 is 2.59 bits per heavy atom. The maximum Gasteiger partial charge on any atom is 0.313 e. The summed E-state index contributed by atoms with van der Waals surface area (Å²) in [5, 5.41) is 10.8. The predicted molar refractivity (Wildman–Crippen MR) is 86.8 cm³/mol. The van der Waals surface area contributed by atoms with Gasteiger partial charge < -0.3 is 9.73 Å². The van der Waals surface area contributed by atoms with E-state index in [1.807, 2.05) is 18.2 Å². The Labute approximate surface area is 139 Å². The first-order valence-electron chi connectivity index (χ1n) is 6.29. The largest absolute Gasteiger partial charge is 0.412 e. The van der Waals surface area contributed by atoms with Crippen molar-refractivity contribution in [1.82, 2.24) is 10.2 Å². The number of nitrogens with zero attached hydrogens (tertiary/aromatic N) is 2. The van der Waals surface area contributed by atoms with Gasteiger partial charge in [-0.3, -0.25) is 4.79 Å². The Morgan fingerprint density at radius 2 is 1.82 bits per heavy atom. The molecule has 0 aliphatic rings. The van der Waals surface area contributed by atoms with Gasteiger partial charge in [0.1, 0.15) is 0 Å². The average molecular weight is 379 g/mol. The third kappa shape index (κ3) is 3.03. The van der Waals surface area contributed by atoms with E-state index < -0.39 is 5.91 Å². The molecule has 110 valence electrons. The van der Waals surface area contributed by atoms with E-state index in [9.17, 15) is 4.79 Å². The number of halogens is 2. The smallest absolute Gasteiger partial charge is 0.313 e. The van der Waals surface area contributed by atoms with Gasteiger partial charge in [0, 0.05) is 4.47 Å². The van der Waals surface area contributed by atoms with Gasteiger partial charge in [-0.25, -0.2) is 0 Å². The molecule has 1 heterocycles. The van der Waals surface area contributed by atoms with Gasteiger partial charge in [0.2, 0.25) is 5.89 Å². The highest BCUT2D eigenvalue weighted by molar-refractivity contribution is 9.10. The van der Waals surface area contributed by atoms with Crippen molar-refractivity contribution in [2.24, 2.45) is 0 Å². The number of anilines is 1. The van der Waals surface area contributed by atoms with Crippen LogP contribution in [0, 0.1) is 0 Å². The summed E-state index contributed by atoms with van der Waals surface area (Å²) in [6.07, 6.45) is 0. The minimum Gasteiger partial charge on any atom is -0.412 e. The molecule has 1 aromatic heterocycles. The molecule has 0 radical (unpaired) electrons. The molecule has 1 N–H and O–H groups in total. The lowest BCUT2D eigenvalue weighted by atomic mass is 10.2. The van der Waals surface area contributed by atoms with Crippen LogP contribution in [0.4, 0.5) is 5.69 Å². The zero-order valence-electron chi connectivity index (χ0n) is 11.1. The van der Waals surface area contributed by atoms with Gasteiger partial charge in [-0.15, -0.1) is 10.2 Å². The highest BCUT2D eigenvalue weighted by Crippen LogP contribution is 2.27. The van der Waals surface area contributed by atoms with Gasteiger partial charge in [-0.2, -0.15) is 0 Å². The standard InChI is InChI=1S/C15H9BrClN3O2/c16-10-6-2-4-8-12(10)18-13(21)15-20-19-14(22-15)9-5-1-3-7-11(9)17/h1-8H,(H,18,21). The Morgan fingerprint density at radius 1 is 1.09 bits per heavy atom. The number of amides is 1. The summed E-state index contributed by atoms with van der Waals surface area (Å²) in [6.45, 7) is 0. The van der Waals surface area contributed by atoms with Crippen LogP contribution in [-0.4, -0.2) is 16.1 Å². The number of carbonyl (C=O) groups is 1. The minimum absolute atomic E-state index is 0.134. The quantitative estimate of drug-likeness (QED) is 0.733. The predicted octanol–water partition coefficient (Wildman–Crippen LogP) is 4.40. The van der Waals surface area contributed by atoms with Gasteiger partial charge in [-0.05, 0) is 40.2 Å². The van der Waals surface area contributed by atoms with Gasteiger partial charge >= 0.3 is 11.8 Å². The fourth-order valence-corrected chi connectivity index (χ4v) is 2.40. The summed E-state index contributed by atoms with van der Waals surface area (Å²) in [7, 11) is 0. The number of aromatic nitrogens is 2. The second kappa shape index (κ2) is 6.29. The zero-order chi connectivity index (χ0) is 15.5. The van der Waals surface area contributed by atoms with Crippen molar-refractivity contribution in [3.05, 3.63) is 63.9 Å². The summed E-state index contributed by atoms with van der Waals surface area (Å²) >= 11 is 9.41. The fraction of sp³-hybridized carbons (Fsp3) is 0. The summed E-state index contributed by atoms with van der Waals surface area (Å²) in [6, 6.07) is 14.3. The summed E-state index contributed by atoms with van der Waals surface area (Å²) in [5.74, 6) is -0.425. The molecule has 0 aliphatic heterocycles. The van der Waals surface area contributed by atoms with Crippen molar-refractivity contribution in [3.63, 3.8) is 0 Å². The topological polar surface area (TPSA) is 68.0 Å². The zero-order valence-corrected chi connectivity index (χ0v) is 13.4. The van der Waals surface area contributed by atoms with E-state index in [1.165, 1.54) is 0 Å². The van der Waals surface area contributed by atoms with Crippen LogP contribution in [0.2, 0.25) is 5.02 Å². The lowest BCUT2D eigenvalue weighted by molar-refractivity contribution is 0.0991. The molecule has 0 unspecified atom stereocenters. The molecule has 0 aliphatic carbocycles. The Hall–Kier alpha value is -2.18. The van der Waals surface area contributed by atoms with Crippen molar-refractivity contribution in [1.29, 1.82) is 0 Å². The van der Waals surface area contributed by atoms with E-state index in [4.69, 9.17) is 16.0 Å². The molecule has 0 bridgehead atoms. The van der Waals surface area contributed by atoms with E-state index in [0.717, 1.165) is 4.47 Å². The molecule has 3 aromatic rings. The fourth-order valence-electron chi connectivity index (χ4n) is 1.80. The highest BCUT2D eigenvalue weighted by atomic mass is 79.9. The molecule has 5 nitrogen and oxygen atoms in total. The van der Waals surface area contributed by atoms with Gasteiger partial charge in [-0.1, -0.05) is 35.9 Å². The third-order valence-corrected chi connectivity index (χ3v) is 3.87. The first-order chi connectivity index (χ1) is 10.6. The van der Waals surface area contributed by atoms with Crippen molar-refractivity contribution in [2.75, 3.05) is 5.32 Å². The van der Waals surface area contributed by atoms with Crippen LogP contribution < -0.4 is 5.32 Å². The van der Waals surface area contributed by atoms with E-state index in [0.29, 0.717) is 16.3 Å². The number of rotatable bonds is 3. The molecular weight excluding hydrogens is 370 g/mol. The number of nitrogens with one attached hydrogen (secondary N) is 1. The Bertz CT molecular complexity index is 835. The second-order valence-electron chi connectivity index (χ2n) is 4.33. The lowest BCUT2D eigenvalue weighted by Crippen LogP contribution is -2.12. The number of hydrogen-bond acceptors (Lipinski definition) is 4. The van der Waals surface area contributed by atoms with Crippen LogP contribution in [0.3, 0.4) is 0 Å². The minimum atomic E-state index is -0.488. The van der Waals surface area contributed by atoms with Crippen LogP contribution in [0.5, 0.6) is 0 Å². The molecule has 0 spiro atoms. The lowest BCUT2D eigenvalue weighted by Gasteiger charge is -2.03. The van der Waals surface area contributed by atoms with Crippen LogP contribution in [-0.2, 0) is 0 Å². The number of hydrogen-bond donors (Lipinski definition) is 1. The van der Waals surface area contributed by atoms with Crippen molar-refractivity contribution >= 4 is 39.1 Å². The normalized spacial score (nSPS) is 10.5. The number of benzene rings is 2. The summed E-state index contributed by atoms with van der Waals surface area (Å²) in [5.41, 5.74) is 1.20. The highest BCUT2D eigenvalue weighted by Gasteiger charge is 2.18. The van der Waals surface area contributed by atoms with Gasteiger partial charge in [0.15, 0.2) is 0 Å². The summed E-state index contributed by atoms with van der Waals surface area (Å²) < 4.78 is 6.15. The molecule has 22 heavy (non-hydrogen) atoms. The Kier molecular flexibility index (Phi) is 4.22. The van der Waals surface area contributed by atoms with Crippen molar-refractivity contribution in [3.8, 4) is 11.5 Å². The molecular formula is C15H9BrClN3O2. The molecule has 0 atom stereocenters. The second-order valence-corrected chi connectivity index (χ2v) is 5.59. The monoisotopic (exact) mass is 377 g/mol.